The lowest BCUT2D eigenvalue weighted by atomic mass is 9.96. The molecule has 0 aliphatic heterocycles. The number of nitrogens with two attached hydrogens (primary N) is 1. The lowest BCUT2D eigenvalue weighted by Crippen LogP contribution is -2.32. The SMILES string of the molecule is Nc1c(/C([O-])=N/c2c[n+](C3CC3)no2)sc2nc3c(cc12)CCCCCC3. The van der Waals surface area contributed by atoms with Crippen LogP contribution in [0.15, 0.2) is 21.8 Å². The van der Waals surface area contributed by atoms with Gasteiger partial charge in [-0.2, -0.15) is 0 Å². The van der Waals surface area contributed by atoms with Gasteiger partial charge in [-0.3, -0.25) is 4.52 Å². The van der Waals surface area contributed by atoms with Gasteiger partial charge in [0.05, 0.1) is 10.6 Å². The Labute approximate surface area is 160 Å². The molecule has 2 N–H and O–H groups in total. The van der Waals surface area contributed by atoms with Gasteiger partial charge in [-0.15, -0.1) is 11.3 Å². The van der Waals surface area contributed by atoms with Crippen LogP contribution in [-0.4, -0.2) is 16.2 Å². The van der Waals surface area contributed by atoms with Crippen molar-refractivity contribution in [1.82, 2.24) is 10.3 Å². The molecule has 7 nitrogen and oxygen atoms in total. The zero-order valence-electron chi connectivity index (χ0n) is 15.0. The summed E-state index contributed by atoms with van der Waals surface area (Å²) in [7, 11) is 0. The quantitative estimate of drug-likeness (QED) is 0.425. The second kappa shape index (κ2) is 6.60. The highest BCUT2D eigenvalue weighted by Gasteiger charge is 2.35. The standard InChI is InChI=1S/C19H21N5O2S/c20-16-13-9-11-5-3-1-2-4-6-14(11)21-19(13)27-17(16)18(25)22-15-10-24(23-26-15)12-7-8-12/h9-10,12H,1-8H2,(H2-,20,22,23,25). The van der Waals surface area contributed by atoms with Crippen molar-refractivity contribution in [3.05, 3.63) is 28.4 Å². The molecule has 140 valence electrons. The molecule has 3 aromatic heterocycles. The number of nitrogen functional groups attached to an aromatic ring is 1. The molecule has 0 radical (unpaired) electrons. The molecule has 1 fully saturated rings. The Hall–Kier alpha value is -2.48. The molecule has 2 aliphatic rings. The van der Waals surface area contributed by atoms with Crippen LogP contribution in [0.2, 0.25) is 0 Å². The Morgan fingerprint density at radius 2 is 2.07 bits per heavy atom. The molecular formula is C19H21N5O2S. The summed E-state index contributed by atoms with van der Waals surface area (Å²) < 4.78 is 6.88. The van der Waals surface area contributed by atoms with Gasteiger partial charge in [0, 0.05) is 29.8 Å². The van der Waals surface area contributed by atoms with Gasteiger partial charge in [-0.25, -0.2) is 9.98 Å². The summed E-state index contributed by atoms with van der Waals surface area (Å²) in [6, 6.07) is 2.51. The highest BCUT2D eigenvalue weighted by Crippen LogP contribution is 2.35. The number of hydrogen-bond donors (Lipinski definition) is 1. The Morgan fingerprint density at radius 1 is 1.26 bits per heavy atom. The maximum atomic E-state index is 12.7. The van der Waals surface area contributed by atoms with E-state index in [1.807, 2.05) is 0 Å². The normalized spacial score (nSPS) is 18.3. The van der Waals surface area contributed by atoms with Crippen molar-refractivity contribution in [2.75, 3.05) is 5.73 Å². The minimum absolute atomic E-state index is 0.212. The van der Waals surface area contributed by atoms with E-state index in [1.165, 1.54) is 42.6 Å². The van der Waals surface area contributed by atoms with Gasteiger partial charge >= 0.3 is 5.88 Å². The summed E-state index contributed by atoms with van der Waals surface area (Å²) in [5, 5.41) is 17.4. The van der Waals surface area contributed by atoms with Crippen molar-refractivity contribution in [3.8, 4) is 0 Å². The number of anilines is 1. The number of aryl methyl sites for hydroxylation is 2. The second-order valence-corrected chi connectivity index (χ2v) is 8.37. The van der Waals surface area contributed by atoms with Crippen molar-refractivity contribution in [2.24, 2.45) is 4.99 Å². The van der Waals surface area contributed by atoms with Gasteiger partial charge in [0.1, 0.15) is 4.83 Å². The predicted molar refractivity (Wildman–Crippen MR) is 101 cm³/mol. The summed E-state index contributed by atoms with van der Waals surface area (Å²) in [5.74, 6) is -0.189. The molecule has 5 rings (SSSR count). The Kier molecular flexibility index (Phi) is 4.07. The summed E-state index contributed by atoms with van der Waals surface area (Å²) in [4.78, 5) is 10.1. The van der Waals surface area contributed by atoms with Gasteiger partial charge < -0.3 is 10.8 Å². The molecule has 0 unspecified atom stereocenters. The predicted octanol–water partition coefficient (Wildman–Crippen LogP) is 2.59. The van der Waals surface area contributed by atoms with Gasteiger partial charge in [0.25, 0.3) is 6.20 Å². The Morgan fingerprint density at radius 3 is 2.89 bits per heavy atom. The van der Waals surface area contributed by atoms with E-state index >= 15 is 0 Å². The molecule has 27 heavy (non-hydrogen) atoms. The van der Waals surface area contributed by atoms with E-state index in [1.54, 1.807) is 10.9 Å². The molecule has 2 aliphatic carbocycles. The number of aromatic nitrogens is 3. The van der Waals surface area contributed by atoms with Crippen LogP contribution in [0.4, 0.5) is 11.6 Å². The first-order valence-electron chi connectivity index (χ1n) is 9.54. The molecule has 1 saturated carbocycles. The van der Waals surface area contributed by atoms with Crippen molar-refractivity contribution in [2.45, 2.75) is 57.4 Å². The van der Waals surface area contributed by atoms with Gasteiger partial charge in [-0.05, 0) is 42.0 Å². The summed E-state index contributed by atoms with van der Waals surface area (Å²) in [6.07, 6.45) is 10.7. The van der Waals surface area contributed by atoms with Gasteiger partial charge in [0.2, 0.25) is 5.27 Å². The molecule has 0 bridgehead atoms. The van der Waals surface area contributed by atoms with Crippen molar-refractivity contribution in [3.63, 3.8) is 0 Å². The smallest absolute Gasteiger partial charge is 0.320 e. The number of hydrogen-bond acceptors (Lipinski definition) is 7. The van der Waals surface area contributed by atoms with Crippen LogP contribution < -0.4 is 15.5 Å². The van der Waals surface area contributed by atoms with Crippen LogP contribution in [0.1, 0.15) is 60.7 Å². The zero-order chi connectivity index (χ0) is 18.4. The highest BCUT2D eigenvalue weighted by molar-refractivity contribution is 7.21. The minimum atomic E-state index is -0.401. The lowest BCUT2D eigenvalue weighted by Gasteiger charge is -2.12. The molecule has 0 amide bonds. The van der Waals surface area contributed by atoms with Crippen LogP contribution in [0.25, 0.3) is 10.2 Å². The van der Waals surface area contributed by atoms with Crippen molar-refractivity contribution < 1.29 is 14.3 Å². The number of fused-ring (bicyclic) bond motifs is 2. The number of aliphatic imine (C=N–C) groups is 1. The first-order valence-corrected chi connectivity index (χ1v) is 10.4. The number of nitrogens with zero attached hydrogens (tertiary/aromatic N) is 4. The molecule has 8 heteroatoms. The maximum Gasteiger partial charge on any atom is 0.320 e. The molecular weight excluding hydrogens is 362 g/mol. The van der Waals surface area contributed by atoms with Crippen LogP contribution >= 0.6 is 11.3 Å². The van der Waals surface area contributed by atoms with E-state index in [4.69, 9.17) is 15.2 Å². The topological polar surface area (TPSA) is 104 Å². The Balaban J connectivity index is 1.52. The molecule has 0 aromatic carbocycles. The van der Waals surface area contributed by atoms with Gasteiger partial charge in [0.15, 0.2) is 6.04 Å². The monoisotopic (exact) mass is 383 g/mol. The van der Waals surface area contributed by atoms with E-state index < -0.39 is 5.90 Å². The third-order valence-electron chi connectivity index (χ3n) is 5.30. The zero-order valence-corrected chi connectivity index (χ0v) is 15.8. The fourth-order valence-electron chi connectivity index (χ4n) is 3.63. The minimum Gasteiger partial charge on any atom is -0.857 e. The van der Waals surface area contributed by atoms with Crippen molar-refractivity contribution >= 4 is 39.0 Å². The van der Waals surface area contributed by atoms with Crippen LogP contribution in [0.5, 0.6) is 0 Å². The summed E-state index contributed by atoms with van der Waals surface area (Å²) in [5.41, 5.74) is 9.19. The molecule has 3 heterocycles. The van der Waals surface area contributed by atoms with Gasteiger partial charge in [-0.1, -0.05) is 12.8 Å². The van der Waals surface area contributed by atoms with Crippen LogP contribution in [0, 0.1) is 0 Å². The molecule has 0 atom stereocenters. The number of thiophene rings is 1. The first-order chi connectivity index (χ1) is 13.2. The average molecular weight is 383 g/mol. The number of pyridine rings is 1. The van der Waals surface area contributed by atoms with Crippen LogP contribution in [-0.2, 0) is 12.8 Å². The highest BCUT2D eigenvalue weighted by atomic mass is 32.1. The van der Waals surface area contributed by atoms with E-state index in [0.717, 1.165) is 41.6 Å². The first kappa shape index (κ1) is 16.7. The second-order valence-electron chi connectivity index (χ2n) is 7.37. The van der Waals surface area contributed by atoms with E-state index in [2.05, 4.69) is 16.3 Å². The lowest BCUT2D eigenvalue weighted by molar-refractivity contribution is -0.765. The van der Waals surface area contributed by atoms with Crippen molar-refractivity contribution in [1.29, 1.82) is 0 Å². The third-order valence-corrected chi connectivity index (χ3v) is 6.40. The third kappa shape index (κ3) is 3.18. The summed E-state index contributed by atoms with van der Waals surface area (Å²) in [6.45, 7) is 0. The van der Waals surface area contributed by atoms with E-state index in [0.29, 0.717) is 16.6 Å². The van der Waals surface area contributed by atoms with Crippen LogP contribution in [0.3, 0.4) is 0 Å². The maximum absolute atomic E-state index is 12.7. The van der Waals surface area contributed by atoms with E-state index in [9.17, 15) is 5.11 Å². The largest absolute Gasteiger partial charge is 0.857 e. The number of rotatable bonds is 3. The molecule has 3 aromatic rings. The Bertz CT molecular complexity index is 1030. The molecule has 0 saturated heterocycles. The average Bonchev–Trinajstić information content (AvgIpc) is 3.31. The fourth-order valence-corrected chi connectivity index (χ4v) is 4.61. The molecule has 0 spiro atoms. The van der Waals surface area contributed by atoms with E-state index in [-0.39, 0.29) is 5.88 Å². The summed E-state index contributed by atoms with van der Waals surface area (Å²) >= 11 is 1.31. The fraction of sp³-hybridized carbons (Fsp3) is 0.474.